The summed E-state index contributed by atoms with van der Waals surface area (Å²) in [5.41, 5.74) is 1.28. The molecule has 0 bridgehead atoms. The molecule has 0 aliphatic carbocycles. The lowest BCUT2D eigenvalue weighted by molar-refractivity contribution is 0.0556. The van der Waals surface area contributed by atoms with Crippen LogP contribution in [0.15, 0.2) is 41.6 Å². The van der Waals surface area contributed by atoms with E-state index in [9.17, 15) is 18.0 Å². The second-order valence-electron chi connectivity index (χ2n) is 6.90. The lowest BCUT2D eigenvalue weighted by atomic mass is 10.1. The summed E-state index contributed by atoms with van der Waals surface area (Å²) in [7, 11) is -1.79. The third-order valence-electron chi connectivity index (χ3n) is 4.83. The average Bonchev–Trinajstić information content (AvgIpc) is 3.04. The molecule has 0 aliphatic rings. The molecule has 0 saturated carbocycles. The largest absolute Gasteiger partial charge is 0.465 e. The number of nitrogens with zero attached hydrogens (tertiary/aromatic N) is 3. The number of aryl methyl sites for hydroxylation is 2. The molecule has 1 N–H and O–H groups in total. The quantitative estimate of drug-likeness (QED) is 0.557. The lowest BCUT2D eigenvalue weighted by Crippen LogP contribution is -2.25. The predicted molar refractivity (Wildman–Crippen MR) is 115 cm³/mol. The maximum absolute atomic E-state index is 13.1. The van der Waals surface area contributed by atoms with Crippen LogP contribution in [0, 0.1) is 20.8 Å². The first-order chi connectivity index (χ1) is 15.1. The van der Waals surface area contributed by atoms with Crippen LogP contribution in [0.5, 0.6) is 0 Å². The van der Waals surface area contributed by atoms with Crippen molar-refractivity contribution in [1.82, 2.24) is 14.6 Å². The standard InChI is InChI=1S/C21H22N4O6S/c1-12-6-8-15(9-7-12)32(28,29)24-25-14(3)16(20(26)30-4)17(21(27)31-5)19(25)18-13(2)22-10-11-23-18/h6-11,24H,1-5H3. The zero-order valence-corrected chi connectivity index (χ0v) is 19.0. The minimum absolute atomic E-state index is 0.00254. The Balaban J connectivity index is 2.35. The van der Waals surface area contributed by atoms with Gasteiger partial charge in [-0.05, 0) is 32.9 Å². The summed E-state index contributed by atoms with van der Waals surface area (Å²) < 4.78 is 37.1. The van der Waals surface area contributed by atoms with Crippen LogP contribution in [0.1, 0.15) is 37.7 Å². The van der Waals surface area contributed by atoms with Gasteiger partial charge in [0.15, 0.2) is 0 Å². The van der Waals surface area contributed by atoms with Gasteiger partial charge in [0.1, 0.15) is 17.0 Å². The van der Waals surface area contributed by atoms with E-state index in [1.807, 2.05) is 6.92 Å². The summed E-state index contributed by atoms with van der Waals surface area (Å²) in [6.07, 6.45) is 2.84. The molecule has 0 saturated heterocycles. The minimum Gasteiger partial charge on any atom is -0.465 e. The van der Waals surface area contributed by atoms with Crippen molar-refractivity contribution in [3.8, 4) is 11.4 Å². The molecule has 0 fully saturated rings. The van der Waals surface area contributed by atoms with Crippen molar-refractivity contribution in [2.24, 2.45) is 0 Å². The zero-order valence-electron chi connectivity index (χ0n) is 18.2. The first kappa shape index (κ1) is 22.9. The first-order valence-electron chi connectivity index (χ1n) is 9.41. The van der Waals surface area contributed by atoms with Gasteiger partial charge in [0.25, 0.3) is 10.0 Å². The Bertz CT molecular complexity index is 1300. The fourth-order valence-electron chi connectivity index (χ4n) is 3.21. The predicted octanol–water partition coefficient (Wildman–Crippen LogP) is 2.38. The Labute approximate surface area is 185 Å². The molecule has 0 atom stereocenters. The Morgan fingerprint density at radius 2 is 1.47 bits per heavy atom. The number of methoxy groups -OCH3 is 2. The number of nitrogens with one attached hydrogen (secondary N) is 1. The lowest BCUT2D eigenvalue weighted by Gasteiger charge is -2.16. The van der Waals surface area contributed by atoms with Gasteiger partial charge >= 0.3 is 11.9 Å². The monoisotopic (exact) mass is 458 g/mol. The Morgan fingerprint density at radius 1 is 0.906 bits per heavy atom. The Hall–Kier alpha value is -3.73. The summed E-state index contributed by atoms with van der Waals surface area (Å²) in [5, 5.41) is 0. The number of rotatable bonds is 6. The molecule has 2 aromatic heterocycles. The second-order valence-corrected chi connectivity index (χ2v) is 8.56. The van der Waals surface area contributed by atoms with Crippen molar-refractivity contribution in [2.45, 2.75) is 25.7 Å². The number of hydrogen-bond acceptors (Lipinski definition) is 8. The highest BCUT2D eigenvalue weighted by Gasteiger charge is 2.34. The molecular formula is C21H22N4O6S. The normalized spacial score (nSPS) is 11.2. The molecule has 168 valence electrons. The first-order valence-corrected chi connectivity index (χ1v) is 10.9. The Morgan fingerprint density at radius 3 is 2.03 bits per heavy atom. The van der Waals surface area contributed by atoms with E-state index in [0.717, 1.165) is 24.5 Å². The van der Waals surface area contributed by atoms with E-state index in [1.54, 1.807) is 19.1 Å². The van der Waals surface area contributed by atoms with Crippen molar-refractivity contribution in [1.29, 1.82) is 0 Å². The molecule has 10 nitrogen and oxygen atoms in total. The van der Waals surface area contributed by atoms with Crippen LogP contribution >= 0.6 is 0 Å². The third-order valence-corrected chi connectivity index (χ3v) is 6.15. The van der Waals surface area contributed by atoms with Crippen LogP contribution in [-0.2, 0) is 19.5 Å². The van der Waals surface area contributed by atoms with Crippen LogP contribution in [0.2, 0.25) is 0 Å². The van der Waals surface area contributed by atoms with Gasteiger partial charge in [-0.3, -0.25) is 9.97 Å². The highest BCUT2D eigenvalue weighted by atomic mass is 32.2. The number of aromatic nitrogens is 3. The molecule has 0 spiro atoms. The minimum atomic E-state index is -4.10. The zero-order chi connectivity index (χ0) is 23.6. The van der Waals surface area contributed by atoms with E-state index >= 15 is 0 Å². The highest BCUT2D eigenvalue weighted by Crippen LogP contribution is 2.33. The number of benzene rings is 1. The number of carbonyl (C=O) groups is 2. The van der Waals surface area contributed by atoms with Gasteiger partial charge in [-0.15, -0.1) is 0 Å². The van der Waals surface area contributed by atoms with Crippen LogP contribution in [0.25, 0.3) is 11.4 Å². The third kappa shape index (κ3) is 4.06. The molecule has 2 heterocycles. The van der Waals surface area contributed by atoms with Gasteiger partial charge in [0.05, 0.1) is 36.1 Å². The smallest absolute Gasteiger partial charge is 0.341 e. The molecule has 32 heavy (non-hydrogen) atoms. The molecule has 1 aromatic carbocycles. The summed E-state index contributed by atoms with van der Waals surface area (Å²) >= 11 is 0. The number of carbonyl (C=O) groups excluding carboxylic acids is 2. The van der Waals surface area contributed by atoms with Crippen LogP contribution in [0.4, 0.5) is 0 Å². The van der Waals surface area contributed by atoms with Crippen LogP contribution < -0.4 is 4.83 Å². The molecule has 3 aromatic rings. The number of hydrogen-bond donors (Lipinski definition) is 1. The topological polar surface area (TPSA) is 129 Å². The average molecular weight is 458 g/mol. The molecule has 11 heteroatoms. The van der Waals surface area contributed by atoms with Crippen molar-refractivity contribution in [3.63, 3.8) is 0 Å². The molecule has 0 aliphatic heterocycles. The van der Waals surface area contributed by atoms with Crippen LogP contribution in [-0.4, -0.2) is 49.2 Å². The number of esters is 2. The van der Waals surface area contributed by atoms with E-state index in [0.29, 0.717) is 5.69 Å². The molecule has 0 amide bonds. The van der Waals surface area contributed by atoms with Crippen molar-refractivity contribution in [3.05, 3.63) is 64.7 Å². The van der Waals surface area contributed by atoms with E-state index in [4.69, 9.17) is 9.47 Å². The Kier molecular flexibility index (Phi) is 6.30. The van der Waals surface area contributed by atoms with Gasteiger partial charge < -0.3 is 9.47 Å². The van der Waals surface area contributed by atoms with Crippen molar-refractivity contribution in [2.75, 3.05) is 19.1 Å². The van der Waals surface area contributed by atoms with Gasteiger partial charge in [-0.2, -0.15) is 8.42 Å². The molecule has 3 rings (SSSR count). The highest BCUT2D eigenvalue weighted by molar-refractivity contribution is 7.92. The fraction of sp³-hybridized carbons (Fsp3) is 0.238. The number of sulfonamides is 1. The molecular weight excluding hydrogens is 436 g/mol. The van der Waals surface area contributed by atoms with Crippen molar-refractivity contribution >= 4 is 22.0 Å². The summed E-state index contributed by atoms with van der Waals surface area (Å²) in [5.74, 6) is -1.69. The molecule has 0 unspecified atom stereocenters. The van der Waals surface area contributed by atoms with Crippen molar-refractivity contribution < 1.29 is 27.5 Å². The van der Waals surface area contributed by atoms with Gasteiger partial charge in [-0.1, -0.05) is 17.7 Å². The van der Waals surface area contributed by atoms with E-state index in [2.05, 4.69) is 14.8 Å². The maximum Gasteiger partial charge on any atom is 0.341 e. The molecule has 0 radical (unpaired) electrons. The van der Waals surface area contributed by atoms with Gasteiger partial charge in [0, 0.05) is 12.4 Å². The van der Waals surface area contributed by atoms with E-state index in [-0.39, 0.29) is 33.1 Å². The SMILES string of the molecule is COC(=O)c1c(C(=O)OC)c(-c2nccnc2C)n(NS(=O)(=O)c2ccc(C)cc2)c1C. The van der Waals surface area contributed by atoms with Gasteiger partial charge in [0.2, 0.25) is 0 Å². The summed E-state index contributed by atoms with van der Waals surface area (Å²) in [6, 6.07) is 6.22. The number of ether oxygens (including phenoxy) is 2. The van der Waals surface area contributed by atoms with Gasteiger partial charge in [-0.25, -0.2) is 19.1 Å². The van der Waals surface area contributed by atoms with E-state index < -0.39 is 22.0 Å². The summed E-state index contributed by atoms with van der Waals surface area (Å²) in [4.78, 5) is 36.2. The fourth-order valence-corrected chi connectivity index (χ4v) is 4.28. The maximum atomic E-state index is 13.1. The second kappa shape index (κ2) is 8.79. The van der Waals surface area contributed by atoms with Crippen LogP contribution in [0.3, 0.4) is 0 Å². The van der Waals surface area contributed by atoms with E-state index in [1.165, 1.54) is 31.5 Å². The summed E-state index contributed by atoms with van der Waals surface area (Å²) in [6.45, 7) is 4.95.